The van der Waals surface area contributed by atoms with Gasteiger partial charge in [0.2, 0.25) is 0 Å². The second-order valence-electron chi connectivity index (χ2n) is 4.10. The highest BCUT2D eigenvalue weighted by molar-refractivity contribution is 9.10. The van der Waals surface area contributed by atoms with Gasteiger partial charge in [-0.05, 0) is 36.6 Å². The molecule has 2 nitrogen and oxygen atoms in total. The van der Waals surface area contributed by atoms with E-state index in [2.05, 4.69) is 39.4 Å². The normalized spacial score (nSPS) is 26.5. The first-order valence-electron chi connectivity index (χ1n) is 5.38. The summed E-state index contributed by atoms with van der Waals surface area (Å²) in [7, 11) is 0. The Morgan fingerprint density at radius 3 is 3.07 bits per heavy atom. The van der Waals surface area contributed by atoms with Crippen LogP contribution in [0.2, 0.25) is 0 Å². The SMILES string of the molecule is OCC1CCNCC1c1cccc(Br)c1. The lowest BCUT2D eigenvalue weighted by atomic mass is 9.82. The molecule has 2 atom stereocenters. The molecule has 0 spiro atoms. The number of aliphatic hydroxyl groups is 1. The van der Waals surface area contributed by atoms with Gasteiger partial charge in [0.15, 0.2) is 0 Å². The highest BCUT2D eigenvalue weighted by Crippen LogP contribution is 2.30. The fourth-order valence-electron chi connectivity index (χ4n) is 2.26. The average molecular weight is 270 g/mol. The second-order valence-corrected chi connectivity index (χ2v) is 5.01. The first-order valence-corrected chi connectivity index (χ1v) is 6.17. The van der Waals surface area contributed by atoms with Crippen LogP contribution in [-0.4, -0.2) is 24.8 Å². The number of hydrogen-bond donors (Lipinski definition) is 2. The van der Waals surface area contributed by atoms with Crippen LogP contribution in [0.15, 0.2) is 28.7 Å². The molecule has 0 aliphatic carbocycles. The fraction of sp³-hybridized carbons (Fsp3) is 0.500. The third kappa shape index (κ3) is 2.60. The molecule has 2 unspecified atom stereocenters. The van der Waals surface area contributed by atoms with E-state index < -0.39 is 0 Å². The maximum Gasteiger partial charge on any atom is 0.0466 e. The summed E-state index contributed by atoms with van der Waals surface area (Å²) in [6.07, 6.45) is 1.06. The van der Waals surface area contributed by atoms with E-state index >= 15 is 0 Å². The molecule has 1 saturated heterocycles. The first-order chi connectivity index (χ1) is 7.31. The molecule has 3 heteroatoms. The highest BCUT2D eigenvalue weighted by Gasteiger charge is 2.25. The van der Waals surface area contributed by atoms with Crippen LogP contribution in [0.1, 0.15) is 17.9 Å². The lowest BCUT2D eigenvalue weighted by Gasteiger charge is -2.31. The van der Waals surface area contributed by atoms with Gasteiger partial charge in [0.05, 0.1) is 0 Å². The zero-order chi connectivity index (χ0) is 10.7. The van der Waals surface area contributed by atoms with E-state index in [9.17, 15) is 5.11 Å². The molecule has 1 aromatic carbocycles. The minimum atomic E-state index is 0.291. The Morgan fingerprint density at radius 1 is 1.47 bits per heavy atom. The zero-order valence-corrected chi connectivity index (χ0v) is 10.2. The van der Waals surface area contributed by atoms with Gasteiger partial charge in [0, 0.05) is 23.5 Å². The summed E-state index contributed by atoms with van der Waals surface area (Å²) in [5.74, 6) is 0.849. The maximum atomic E-state index is 9.35. The summed E-state index contributed by atoms with van der Waals surface area (Å²) in [4.78, 5) is 0. The molecule has 2 rings (SSSR count). The molecular formula is C12H16BrNO. The van der Waals surface area contributed by atoms with Crippen molar-refractivity contribution in [1.29, 1.82) is 0 Å². The predicted octanol–water partition coefficient (Wildman–Crippen LogP) is 2.13. The maximum absolute atomic E-state index is 9.35. The molecule has 82 valence electrons. The van der Waals surface area contributed by atoms with Gasteiger partial charge in [0.1, 0.15) is 0 Å². The fourth-order valence-corrected chi connectivity index (χ4v) is 2.68. The Balaban J connectivity index is 2.20. The van der Waals surface area contributed by atoms with Crippen LogP contribution in [-0.2, 0) is 0 Å². The van der Waals surface area contributed by atoms with E-state index in [4.69, 9.17) is 0 Å². The smallest absolute Gasteiger partial charge is 0.0466 e. The molecule has 1 aliphatic heterocycles. The van der Waals surface area contributed by atoms with Crippen LogP contribution in [0.25, 0.3) is 0 Å². The van der Waals surface area contributed by atoms with Gasteiger partial charge in [-0.15, -0.1) is 0 Å². The van der Waals surface area contributed by atoms with Crippen molar-refractivity contribution >= 4 is 15.9 Å². The van der Waals surface area contributed by atoms with E-state index in [-0.39, 0.29) is 0 Å². The van der Waals surface area contributed by atoms with Gasteiger partial charge >= 0.3 is 0 Å². The monoisotopic (exact) mass is 269 g/mol. The summed E-state index contributed by atoms with van der Waals surface area (Å²) in [6.45, 7) is 2.29. The van der Waals surface area contributed by atoms with E-state index in [0.717, 1.165) is 24.0 Å². The third-order valence-corrected chi connectivity index (χ3v) is 3.63. The molecule has 1 aliphatic rings. The van der Waals surface area contributed by atoms with Crippen molar-refractivity contribution in [1.82, 2.24) is 5.32 Å². The quantitative estimate of drug-likeness (QED) is 0.863. The van der Waals surface area contributed by atoms with E-state index in [1.165, 1.54) is 5.56 Å². The van der Waals surface area contributed by atoms with Crippen molar-refractivity contribution in [3.05, 3.63) is 34.3 Å². The molecule has 0 bridgehead atoms. The van der Waals surface area contributed by atoms with Crippen molar-refractivity contribution in [2.45, 2.75) is 12.3 Å². The zero-order valence-electron chi connectivity index (χ0n) is 8.62. The number of nitrogens with one attached hydrogen (secondary N) is 1. The lowest BCUT2D eigenvalue weighted by Crippen LogP contribution is -2.36. The molecule has 0 amide bonds. The van der Waals surface area contributed by atoms with Crippen LogP contribution >= 0.6 is 15.9 Å². The van der Waals surface area contributed by atoms with Crippen molar-refractivity contribution in [2.24, 2.45) is 5.92 Å². The molecule has 0 saturated carbocycles. The molecule has 1 heterocycles. The minimum absolute atomic E-state index is 0.291. The largest absolute Gasteiger partial charge is 0.396 e. The van der Waals surface area contributed by atoms with Crippen LogP contribution in [0.3, 0.4) is 0 Å². The summed E-state index contributed by atoms with van der Waals surface area (Å²) in [6, 6.07) is 8.39. The molecule has 0 aromatic heterocycles. The van der Waals surface area contributed by atoms with Crippen molar-refractivity contribution in [3.8, 4) is 0 Å². The van der Waals surface area contributed by atoms with Crippen LogP contribution < -0.4 is 5.32 Å². The Hall–Kier alpha value is -0.380. The molecule has 15 heavy (non-hydrogen) atoms. The topological polar surface area (TPSA) is 32.3 Å². The first kappa shape index (κ1) is 11.1. The average Bonchev–Trinajstić information content (AvgIpc) is 2.29. The van der Waals surface area contributed by atoms with Gasteiger partial charge < -0.3 is 10.4 Å². The van der Waals surface area contributed by atoms with Gasteiger partial charge in [-0.1, -0.05) is 28.1 Å². The Kier molecular flexibility index (Phi) is 3.78. The molecule has 2 N–H and O–H groups in total. The van der Waals surface area contributed by atoms with E-state index in [1.807, 2.05) is 6.07 Å². The van der Waals surface area contributed by atoms with Gasteiger partial charge in [-0.25, -0.2) is 0 Å². The van der Waals surface area contributed by atoms with Crippen LogP contribution in [0, 0.1) is 5.92 Å². The molecule has 0 radical (unpaired) electrons. The molecular weight excluding hydrogens is 254 g/mol. The Morgan fingerprint density at radius 2 is 2.33 bits per heavy atom. The van der Waals surface area contributed by atoms with E-state index in [0.29, 0.717) is 18.4 Å². The van der Waals surface area contributed by atoms with Crippen molar-refractivity contribution < 1.29 is 5.11 Å². The van der Waals surface area contributed by atoms with Crippen LogP contribution in [0.5, 0.6) is 0 Å². The van der Waals surface area contributed by atoms with Gasteiger partial charge in [-0.3, -0.25) is 0 Å². The highest BCUT2D eigenvalue weighted by atomic mass is 79.9. The van der Waals surface area contributed by atoms with Crippen molar-refractivity contribution in [2.75, 3.05) is 19.7 Å². The number of halogens is 1. The molecule has 1 fully saturated rings. The summed E-state index contributed by atoms with van der Waals surface area (Å²) in [5.41, 5.74) is 1.32. The van der Waals surface area contributed by atoms with Crippen LogP contribution in [0.4, 0.5) is 0 Å². The third-order valence-electron chi connectivity index (χ3n) is 3.14. The summed E-state index contributed by atoms with van der Waals surface area (Å²) >= 11 is 3.49. The van der Waals surface area contributed by atoms with Gasteiger partial charge in [0.25, 0.3) is 0 Å². The second kappa shape index (κ2) is 5.10. The lowest BCUT2D eigenvalue weighted by molar-refractivity contribution is 0.176. The Bertz CT molecular complexity index is 329. The number of benzene rings is 1. The minimum Gasteiger partial charge on any atom is -0.396 e. The Labute approximate surface area is 98.8 Å². The standard InChI is InChI=1S/C12H16BrNO/c13-11-3-1-2-9(6-11)12-7-14-5-4-10(12)8-15/h1-3,6,10,12,14-15H,4-5,7-8H2. The number of rotatable bonds is 2. The number of hydrogen-bond acceptors (Lipinski definition) is 2. The van der Waals surface area contributed by atoms with Gasteiger partial charge in [-0.2, -0.15) is 0 Å². The molecule has 1 aromatic rings. The predicted molar refractivity (Wildman–Crippen MR) is 64.9 cm³/mol. The summed E-state index contributed by atoms with van der Waals surface area (Å²) < 4.78 is 1.11. The number of aliphatic hydroxyl groups excluding tert-OH is 1. The van der Waals surface area contributed by atoms with E-state index in [1.54, 1.807) is 0 Å². The van der Waals surface area contributed by atoms with Crippen molar-refractivity contribution in [3.63, 3.8) is 0 Å². The number of piperidine rings is 1. The summed E-state index contributed by atoms with van der Waals surface area (Å²) in [5, 5.41) is 12.7.